The molecule has 0 unspecified atom stereocenters. The number of oxazole rings is 1. The molecule has 0 fully saturated rings. The molecule has 0 amide bonds. The van der Waals surface area contributed by atoms with E-state index in [1.165, 1.54) is 6.07 Å². The smallest absolute Gasteiger partial charge is 0.250 e. The van der Waals surface area contributed by atoms with E-state index in [0.717, 1.165) is 11.3 Å². The molecule has 2 aromatic rings. The molecule has 0 radical (unpaired) electrons. The Morgan fingerprint density at radius 2 is 2.30 bits per heavy atom. The molecule has 0 bridgehead atoms. The normalized spacial score (nSPS) is 11.7. The summed E-state index contributed by atoms with van der Waals surface area (Å²) in [6.07, 6.45) is 2.29. The summed E-state index contributed by atoms with van der Waals surface area (Å²) in [6, 6.07) is 3.05. The summed E-state index contributed by atoms with van der Waals surface area (Å²) in [7, 11) is -3.62. The summed E-state index contributed by atoms with van der Waals surface area (Å²) in [6.45, 7) is 1.93. The second-order valence-corrected chi connectivity index (χ2v) is 7.40. The van der Waals surface area contributed by atoms with Crippen LogP contribution in [-0.4, -0.2) is 18.4 Å². The zero-order valence-electron chi connectivity index (χ0n) is 10.6. The maximum absolute atomic E-state index is 12.1. The number of nitrogens with two attached hydrogens (primary N) is 1. The first kappa shape index (κ1) is 15.1. The van der Waals surface area contributed by atoms with Crippen LogP contribution in [-0.2, 0) is 23.0 Å². The molecule has 0 aliphatic heterocycles. The third kappa shape index (κ3) is 3.42. The van der Waals surface area contributed by atoms with Gasteiger partial charge in [0.1, 0.15) is 15.0 Å². The third-order valence-electron chi connectivity index (χ3n) is 2.45. The average molecular weight is 331 g/mol. The number of rotatable bonds is 6. The minimum atomic E-state index is -3.62. The van der Waals surface area contributed by atoms with E-state index in [1.54, 1.807) is 12.3 Å². The van der Waals surface area contributed by atoms with Crippen LogP contribution in [0, 0.1) is 0 Å². The molecule has 0 aliphatic rings. The van der Waals surface area contributed by atoms with Crippen LogP contribution in [0.2, 0.25) is 0 Å². The molecule has 20 heavy (non-hydrogen) atoms. The van der Waals surface area contributed by atoms with E-state index in [0.29, 0.717) is 22.9 Å². The van der Waals surface area contributed by atoms with Gasteiger partial charge in [-0.15, -0.1) is 11.3 Å². The zero-order chi connectivity index (χ0) is 14.8. The highest BCUT2D eigenvalue weighted by Crippen LogP contribution is 2.21. The van der Waals surface area contributed by atoms with Crippen LogP contribution in [0.25, 0.3) is 0 Å². The molecule has 0 aromatic carbocycles. The van der Waals surface area contributed by atoms with Gasteiger partial charge >= 0.3 is 0 Å². The lowest BCUT2D eigenvalue weighted by molar-refractivity contribution is 0.452. The topological polar surface area (TPSA) is 98.2 Å². The highest BCUT2D eigenvalue weighted by Gasteiger charge is 2.18. The number of sulfonamides is 1. The number of nitrogens with one attached hydrogen (secondary N) is 1. The molecular formula is C11H13N3O3S3. The largest absolute Gasteiger partial charge is 0.444 e. The van der Waals surface area contributed by atoms with Crippen LogP contribution in [0.4, 0.5) is 0 Å². The van der Waals surface area contributed by atoms with Crippen LogP contribution in [0.1, 0.15) is 23.5 Å². The fourth-order valence-corrected chi connectivity index (χ4v) is 3.79. The molecule has 2 rings (SSSR count). The van der Waals surface area contributed by atoms with Gasteiger partial charge in [0.15, 0.2) is 0 Å². The van der Waals surface area contributed by atoms with Crippen LogP contribution < -0.4 is 10.5 Å². The second-order valence-electron chi connectivity index (χ2n) is 3.88. The Balaban J connectivity index is 2.08. The summed E-state index contributed by atoms with van der Waals surface area (Å²) < 4.78 is 32.0. The highest BCUT2D eigenvalue weighted by molar-refractivity contribution is 7.91. The minimum Gasteiger partial charge on any atom is -0.444 e. The van der Waals surface area contributed by atoms with E-state index in [-0.39, 0.29) is 15.7 Å². The number of thiocarbonyl (C=S) groups is 1. The van der Waals surface area contributed by atoms with E-state index in [9.17, 15) is 8.42 Å². The Morgan fingerprint density at radius 3 is 2.85 bits per heavy atom. The van der Waals surface area contributed by atoms with Gasteiger partial charge in [0.05, 0.1) is 17.6 Å². The SMILES string of the molecule is CCc1cnc(CNS(=O)(=O)c2ccc(C(N)=S)s2)o1. The summed E-state index contributed by atoms with van der Waals surface area (Å²) in [5.41, 5.74) is 5.46. The van der Waals surface area contributed by atoms with Crippen LogP contribution >= 0.6 is 23.6 Å². The van der Waals surface area contributed by atoms with Crippen molar-refractivity contribution < 1.29 is 12.8 Å². The lowest BCUT2D eigenvalue weighted by atomic mass is 10.4. The Labute approximate surface area is 126 Å². The number of thiophene rings is 1. The van der Waals surface area contributed by atoms with Crippen molar-refractivity contribution in [3.05, 3.63) is 34.9 Å². The van der Waals surface area contributed by atoms with Crippen molar-refractivity contribution in [3.8, 4) is 0 Å². The molecule has 2 aromatic heterocycles. The van der Waals surface area contributed by atoms with E-state index < -0.39 is 10.0 Å². The molecule has 0 saturated carbocycles. The van der Waals surface area contributed by atoms with Crippen molar-refractivity contribution in [2.75, 3.05) is 0 Å². The van der Waals surface area contributed by atoms with Crippen molar-refractivity contribution in [1.29, 1.82) is 0 Å². The lowest BCUT2D eigenvalue weighted by Crippen LogP contribution is -2.22. The first-order chi connectivity index (χ1) is 9.42. The van der Waals surface area contributed by atoms with Gasteiger partial charge in [0.25, 0.3) is 10.0 Å². The fraction of sp³-hybridized carbons (Fsp3) is 0.273. The van der Waals surface area contributed by atoms with Crippen LogP contribution in [0.3, 0.4) is 0 Å². The first-order valence-corrected chi connectivity index (χ1v) is 8.46. The van der Waals surface area contributed by atoms with Gasteiger partial charge in [-0.2, -0.15) is 0 Å². The van der Waals surface area contributed by atoms with Gasteiger partial charge in [-0.1, -0.05) is 19.1 Å². The summed E-state index contributed by atoms with van der Waals surface area (Å²) in [4.78, 5) is 4.72. The van der Waals surface area contributed by atoms with Crippen LogP contribution in [0.15, 0.2) is 27.0 Å². The molecule has 108 valence electrons. The highest BCUT2D eigenvalue weighted by atomic mass is 32.2. The van der Waals surface area contributed by atoms with Crippen molar-refractivity contribution >= 4 is 38.6 Å². The quantitative estimate of drug-likeness (QED) is 0.777. The monoisotopic (exact) mass is 331 g/mol. The van der Waals surface area contributed by atoms with Crippen molar-refractivity contribution in [2.45, 2.75) is 24.1 Å². The van der Waals surface area contributed by atoms with Crippen molar-refractivity contribution in [1.82, 2.24) is 9.71 Å². The lowest BCUT2D eigenvalue weighted by Gasteiger charge is -2.01. The molecule has 9 heteroatoms. The standard InChI is InChI=1S/C11H13N3O3S3/c1-2-7-5-13-9(17-7)6-14-20(15,16)10-4-3-8(19-10)11(12)18/h3-5,14H,2,6H2,1H3,(H2,12,18). The molecular weight excluding hydrogens is 318 g/mol. The number of aromatic nitrogens is 1. The van der Waals surface area contributed by atoms with Gasteiger partial charge in [0.2, 0.25) is 5.89 Å². The summed E-state index contributed by atoms with van der Waals surface area (Å²) in [5, 5.41) is 0. The molecule has 6 nitrogen and oxygen atoms in total. The van der Waals surface area contributed by atoms with Gasteiger partial charge in [0, 0.05) is 6.42 Å². The molecule has 2 heterocycles. The van der Waals surface area contributed by atoms with Gasteiger partial charge in [-0.05, 0) is 12.1 Å². The molecule has 3 N–H and O–H groups in total. The maximum Gasteiger partial charge on any atom is 0.250 e. The van der Waals surface area contributed by atoms with E-state index in [1.807, 2.05) is 6.92 Å². The Bertz CT molecular complexity index is 718. The Morgan fingerprint density at radius 1 is 1.55 bits per heavy atom. The average Bonchev–Trinajstić information content (AvgIpc) is 3.05. The van der Waals surface area contributed by atoms with E-state index >= 15 is 0 Å². The number of aryl methyl sites for hydroxylation is 1. The minimum absolute atomic E-state index is 0.00262. The fourth-order valence-electron chi connectivity index (χ4n) is 1.42. The molecule has 0 atom stereocenters. The van der Waals surface area contributed by atoms with E-state index in [2.05, 4.69) is 9.71 Å². The second kappa shape index (κ2) is 6.00. The van der Waals surface area contributed by atoms with Gasteiger partial charge in [-0.3, -0.25) is 0 Å². The van der Waals surface area contributed by atoms with Crippen molar-refractivity contribution in [3.63, 3.8) is 0 Å². The Kier molecular flexibility index (Phi) is 4.53. The van der Waals surface area contributed by atoms with Crippen molar-refractivity contribution in [2.24, 2.45) is 5.73 Å². The van der Waals surface area contributed by atoms with E-state index in [4.69, 9.17) is 22.4 Å². The summed E-state index contributed by atoms with van der Waals surface area (Å²) >= 11 is 5.83. The Hall–Kier alpha value is -1.29. The summed E-state index contributed by atoms with van der Waals surface area (Å²) in [5.74, 6) is 1.04. The van der Waals surface area contributed by atoms with Gasteiger partial charge in [-0.25, -0.2) is 18.1 Å². The predicted octanol–water partition coefficient (Wildman–Crippen LogP) is 1.41. The number of nitrogens with zero attached hydrogens (tertiary/aromatic N) is 1. The van der Waals surface area contributed by atoms with Gasteiger partial charge < -0.3 is 10.2 Å². The molecule has 0 spiro atoms. The molecule has 0 aliphatic carbocycles. The third-order valence-corrected chi connectivity index (χ3v) is 5.81. The predicted molar refractivity (Wildman–Crippen MR) is 80.1 cm³/mol. The number of hydrogen-bond donors (Lipinski definition) is 2. The first-order valence-electron chi connectivity index (χ1n) is 5.75. The molecule has 0 saturated heterocycles. The zero-order valence-corrected chi connectivity index (χ0v) is 13.1. The maximum atomic E-state index is 12.1. The number of hydrogen-bond acceptors (Lipinski definition) is 6. The van der Waals surface area contributed by atoms with Crippen LogP contribution in [0.5, 0.6) is 0 Å².